The molecule has 3 amide bonds. The van der Waals surface area contributed by atoms with Gasteiger partial charge in [0, 0.05) is 38.1 Å². The van der Waals surface area contributed by atoms with Gasteiger partial charge in [-0.1, -0.05) is 6.07 Å². The molecule has 1 aliphatic heterocycles. The highest BCUT2D eigenvalue weighted by Gasteiger charge is 2.21. The van der Waals surface area contributed by atoms with E-state index in [9.17, 15) is 14.4 Å². The average Bonchev–Trinajstić information content (AvgIpc) is 2.88. The lowest BCUT2D eigenvalue weighted by molar-refractivity contribution is 0.0526. The second-order valence-corrected chi connectivity index (χ2v) is 7.89. The fourth-order valence-electron chi connectivity index (χ4n) is 3.74. The van der Waals surface area contributed by atoms with Crippen molar-refractivity contribution in [3.8, 4) is 11.5 Å². The van der Waals surface area contributed by atoms with Crippen molar-refractivity contribution in [1.29, 1.82) is 0 Å². The van der Waals surface area contributed by atoms with E-state index >= 15 is 0 Å². The van der Waals surface area contributed by atoms with Crippen LogP contribution < -0.4 is 15.4 Å². The van der Waals surface area contributed by atoms with Gasteiger partial charge in [-0.05, 0) is 66.9 Å². The van der Waals surface area contributed by atoms with Gasteiger partial charge in [-0.3, -0.25) is 9.78 Å². The molecule has 0 spiro atoms. The minimum Gasteiger partial charge on any atom is -0.462 e. The van der Waals surface area contributed by atoms with Crippen molar-refractivity contribution in [2.75, 3.05) is 25.5 Å². The van der Waals surface area contributed by atoms with E-state index in [0.29, 0.717) is 42.4 Å². The number of nitrogens with one attached hydrogen (secondary N) is 2. The maximum atomic E-state index is 12.9. The molecule has 2 N–H and O–H groups in total. The predicted octanol–water partition coefficient (Wildman–Crippen LogP) is 4.00. The minimum atomic E-state index is -0.396. The normalized spacial score (nSPS) is 12.3. The van der Waals surface area contributed by atoms with Crippen molar-refractivity contribution >= 4 is 23.6 Å². The maximum Gasteiger partial charge on any atom is 0.338 e. The van der Waals surface area contributed by atoms with Crippen LogP contribution in [0.1, 0.15) is 38.9 Å². The van der Waals surface area contributed by atoms with Gasteiger partial charge in [0.25, 0.3) is 5.91 Å². The van der Waals surface area contributed by atoms with Crippen LogP contribution in [0, 0.1) is 0 Å². The number of benzene rings is 2. The second kappa shape index (κ2) is 10.7. The minimum absolute atomic E-state index is 0.227. The zero-order valence-electron chi connectivity index (χ0n) is 19.5. The number of carbonyl (C=O) groups is 3. The van der Waals surface area contributed by atoms with Crippen molar-refractivity contribution < 1.29 is 23.9 Å². The van der Waals surface area contributed by atoms with Crippen LogP contribution in [0.2, 0.25) is 0 Å². The molecule has 0 saturated carbocycles. The van der Waals surface area contributed by atoms with E-state index in [4.69, 9.17) is 9.47 Å². The summed E-state index contributed by atoms with van der Waals surface area (Å²) in [4.78, 5) is 42.2. The standard InChI is InChI=1S/C26H26N4O5/c1-3-34-25(32)18-4-7-20(8-5-18)29-26(33)30-13-11-17-6-9-21(14-19(17)16-30)35-22-10-12-28-23(15-22)24(31)27-2/h4-10,12,14-15H,3,11,13,16H2,1-2H3,(H,27,31)(H,29,33). The number of pyridine rings is 1. The predicted molar refractivity (Wildman–Crippen MR) is 130 cm³/mol. The third-order valence-electron chi connectivity index (χ3n) is 5.55. The first-order valence-corrected chi connectivity index (χ1v) is 11.3. The highest BCUT2D eigenvalue weighted by Crippen LogP contribution is 2.28. The third-order valence-corrected chi connectivity index (χ3v) is 5.55. The summed E-state index contributed by atoms with van der Waals surface area (Å²) in [5.41, 5.74) is 3.43. The molecule has 0 radical (unpaired) electrons. The fourth-order valence-corrected chi connectivity index (χ4v) is 3.74. The lowest BCUT2D eigenvalue weighted by atomic mass is 10.00. The van der Waals surface area contributed by atoms with E-state index in [1.807, 2.05) is 18.2 Å². The number of amides is 3. The number of hydrogen-bond donors (Lipinski definition) is 2. The van der Waals surface area contributed by atoms with E-state index in [1.54, 1.807) is 55.3 Å². The molecule has 3 aromatic rings. The lowest BCUT2D eigenvalue weighted by Crippen LogP contribution is -2.38. The Hall–Kier alpha value is -4.40. The monoisotopic (exact) mass is 474 g/mol. The van der Waals surface area contributed by atoms with Gasteiger partial charge < -0.3 is 25.0 Å². The van der Waals surface area contributed by atoms with Gasteiger partial charge in [0.2, 0.25) is 0 Å². The number of rotatable bonds is 6. The van der Waals surface area contributed by atoms with Crippen molar-refractivity contribution in [2.45, 2.75) is 19.9 Å². The van der Waals surface area contributed by atoms with E-state index in [0.717, 1.165) is 17.5 Å². The lowest BCUT2D eigenvalue weighted by Gasteiger charge is -2.29. The first-order valence-electron chi connectivity index (χ1n) is 11.3. The molecule has 0 atom stereocenters. The zero-order valence-corrected chi connectivity index (χ0v) is 19.5. The molecule has 1 aliphatic rings. The molecule has 2 heterocycles. The number of carbonyl (C=O) groups excluding carboxylic acids is 3. The van der Waals surface area contributed by atoms with Crippen LogP contribution in [0.15, 0.2) is 60.8 Å². The third kappa shape index (κ3) is 5.75. The molecule has 9 heteroatoms. The van der Waals surface area contributed by atoms with E-state index < -0.39 is 5.97 Å². The Morgan fingerprint density at radius 1 is 1.00 bits per heavy atom. The number of hydrogen-bond acceptors (Lipinski definition) is 6. The fraction of sp³-hybridized carbons (Fsp3) is 0.231. The number of nitrogens with zero attached hydrogens (tertiary/aromatic N) is 2. The summed E-state index contributed by atoms with van der Waals surface area (Å²) < 4.78 is 10.9. The Balaban J connectivity index is 1.41. The molecule has 2 aromatic carbocycles. The zero-order chi connectivity index (χ0) is 24.8. The van der Waals surface area contributed by atoms with Gasteiger partial charge >= 0.3 is 12.0 Å². The smallest absolute Gasteiger partial charge is 0.338 e. The Bertz CT molecular complexity index is 1240. The van der Waals surface area contributed by atoms with Crippen molar-refractivity contribution in [3.05, 3.63) is 83.2 Å². The largest absolute Gasteiger partial charge is 0.462 e. The molecule has 180 valence electrons. The number of ether oxygens (including phenoxy) is 2. The second-order valence-electron chi connectivity index (χ2n) is 7.89. The van der Waals surface area contributed by atoms with Crippen LogP contribution in [0.25, 0.3) is 0 Å². The van der Waals surface area contributed by atoms with Gasteiger partial charge in [0.05, 0.1) is 12.2 Å². The van der Waals surface area contributed by atoms with Gasteiger partial charge in [-0.25, -0.2) is 9.59 Å². The topological polar surface area (TPSA) is 110 Å². The van der Waals surface area contributed by atoms with Crippen LogP contribution in [-0.2, 0) is 17.7 Å². The van der Waals surface area contributed by atoms with Crippen molar-refractivity contribution in [1.82, 2.24) is 15.2 Å². The Labute approximate surface area is 203 Å². The molecule has 0 fully saturated rings. The highest BCUT2D eigenvalue weighted by molar-refractivity contribution is 5.93. The molecule has 35 heavy (non-hydrogen) atoms. The van der Waals surface area contributed by atoms with Gasteiger partial charge in [0.15, 0.2) is 0 Å². The molecule has 0 aliphatic carbocycles. The van der Waals surface area contributed by atoms with E-state index in [2.05, 4.69) is 15.6 Å². The summed E-state index contributed by atoms with van der Waals surface area (Å²) in [7, 11) is 1.54. The maximum absolute atomic E-state index is 12.9. The molecule has 0 saturated heterocycles. The average molecular weight is 475 g/mol. The number of fused-ring (bicyclic) bond motifs is 1. The summed E-state index contributed by atoms with van der Waals surface area (Å²) in [6.07, 6.45) is 2.24. The van der Waals surface area contributed by atoms with Crippen molar-refractivity contribution in [2.24, 2.45) is 0 Å². The van der Waals surface area contributed by atoms with Crippen LogP contribution in [0.5, 0.6) is 11.5 Å². The quantitative estimate of drug-likeness (QED) is 0.523. The number of esters is 1. The summed E-state index contributed by atoms with van der Waals surface area (Å²) in [5, 5.41) is 5.41. The number of urea groups is 1. The van der Waals surface area contributed by atoms with E-state index in [1.165, 1.54) is 6.20 Å². The van der Waals surface area contributed by atoms with Gasteiger partial charge in [0.1, 0.15) is 17.2 Å². The summed E-state index contributed by atoms with van der Waals surface area (Å²) in [6.45, 7) is 3.07. The van der Waals surface area contributed by atoms with Gasteiger partial charge in [-0.2, -0.15) is 0 Å². The summed E-state index contributed by atoms with van der Waals surface area (Å²) >= 11 is 0. The summed E-state index contributed by atoms with van der Waals surface area (Å²) in [6, 6.07) is 15.4. The Morgan fingerprint density at radius 2 is 1.77 bits per heavy atom. The van der Waals surface area contributed by atoms with Crippen LogP contribution in [0.3, 0.4) is 0 Å². The first-order chi connectivity index (χ1) is 17.0. The molecular weight excluding hydrogens is 448 g/mol. The number of aromatic nitrogens is 1. The highest BCUT2D eigenvalue weighted by atomic mass is 16.5. The van der Waals surface area contributed by atoms with Crippen LogP contribution in [-0.4, -0.2) is 48.0 Å². The van der Waals surface area contributed by atoms with Crippen LogP contribution >= 0.6 is 0 Å². The summed E-state index contributed by atoms with van der Waals surface area (Å²) in [5.74, 6) is 0.413. The molecule has 9 nitrogen and oxygen atoms in total. The molecule has 0 unspecified atom stereocenters. The first kappa shape index (κ1) is 23.7. The van der Waals surface area contributed by atoms with Gasteiger partial charge in [-0.15, -0.1) is 0 Å². The Morgan fingerprint density at radius 3 is 2.51 bits per heavy atom. The SMILES string of the molecule is CCOC(=O)c1ccc(NC(=O)N2CCc3ccc(Oc4ccnc(C(=O)NC)c4)cc3C2)cc1. The number of anilines is 1. The van der Waals surface area contributed by atoms with E-state index in [-0.39, 0.29) is 17.6 Å². The Kier molecular flexibility index (Phi) is 7.25. The molecule has 4 rings (SSSR count). The van der Waals surface area contributed by atoms with Crippen LogP contribution in [0.4, 0.5) is 10.5 Å². The molecule has 1 aromatic heterocycles. The van der Waals surface area contributed by atoms with Crippen molar-refractivity contribution in [3.63, 3.8) is 0 Å². The molecule has 0 bridgehead atoms. The molecular formula is C26H26N4O5.